The van der Waals surface area contributed by atoms with Gasteiger partial charge in [0.2, 0.25) is 0 Å². The van der Waals surface area contributed by atoms with Gasteiger partial charge in [0.25, 0.3) is 5.69 Å². The normalized spacial score (nSPS) is 8.62. The minimum absolute atomic E-state index is 0. The van der Waals surface area contributed by atoms with Gasteiger partial charge < -0.3 is 16.1 Å². The van der Waals surface area contributed by atoms with Gasteiger partial charge in [0.1, 0.15) is 0 Å². The third-order valence-corrected chi connectivity index (χ3v) is 1.29. The Morgan fingerprint density at radius 1 is 1.38 bits per heavy atom. The van der Waals surface area contributed by atoms with Crippen LogP contribution in [0.15, 0.2) is 24.3 Å². The van der Waals surface area contributed by atoms with Gasteiger partial charge in [0.15, 0.2) is 0 Å². The van der Waals surface area contributed by atoms with Crippen molar-refractivity contribution in [3.8, 4) is 0 Å². The van der Waals surface area contributed by atoms with Crippen LogP contribution in [0.4, 0.5) is 5.69 Å². The van der Waals surface area contributed by atoms with Crippen molar-refractivity contribution >= 4 is 11.7 Å². The lowest BCUT2D eigenvalue weighted by Gasteiger charge is -1.99. The summed E-state index contributed by atoms with van der Waals surface area (Å²) < 4.78 is 0. The highest BCUT2D eigenvalue weighted by atomic mass is 16.6. The van der Waals surface area contributed by atoms with E-state index in [4.69, 9.17) is 0 Å². The first kappa shape index (κ1) is 11.1. The van der Waals surface area contributed by atoms with Crippen molar-refractivity contribution in [2.75, 3.05) is 0 Å². The van der Waals surface area contributed by atoms with Gasteiger partial charge in [-0.25, -0.2) is 0 Å². The van der Waals surface area contributed by atoms with Crippen molar-refractivity contribution < 1.29 is 14.8 Å². The summed E-state index contributed by atoms with van der Waals surface area (Å²) in [5, 5.41) is 20.4. The summed E-state index contributed by atoms with van der Waals surface area (Å²) in [5.41, 5.74) is -0.444. The predicted octanol–water partition coefficient (Wildman–Crippen LogP) is 0.334. The van der Waals surface area contributed by atoms with Gasteiger partial charge in [-0.15, -0.1) is 0 Å². The van der Waals surface area contributed by atoms with Crippen molar-refractivity contribution in [3.05, 3.63) is 39.9 Å². The third kappa shape index (κ3) is 2.53. The van der Waals surface area contributed by atoms with Gasteiger partial charge in [-0.05, 0) is 0 Å². The first-order valence-corrected chi connectivity index (χ1v) is 3.07. The van der Waals surface area contributed by atoms with Crippen LogP contribution in [0.5, 0.6) is 0 Å². The van der Waals surface area contributed by atoms with E-state index in [1.165, 1.54) is 18.2 Å². The van der Waals surface area contributed by atoms with Crippen LogP contribution in [0.1, 0.15) is 10.4 Å². The Labute approximate surface area is 73.5 Å². The number of carbonyl (C=O) groups is 1. The molecule has 6 nitrogen and oxygen atoms in total. The summed E-state index contributed by atoms with van der Waals surface area (Å²) in [6, 6.07) is 4.70. The number of carboxylic acids is 1. The number of non-ortho nitro benzene ring substituents is 1. The Morgan fingerprint density at radius 3 is 2.46 bits per heavy atom. The quantitative estimate of drug-likeness (QED) is 0.525. The van der Waals surface area contributed by atoms with Gasteiger partial charge >= 0.3 is 0 Å². The highest BCUT2D eigenvalue weighted by Crippen LogP contribution is 2.11. The van der Waals surface area contributed by atoms with Gasteiger partial charge in [0.05, 0.1) is 10.9 Å². The van der Waals surface area contributed by atoms with E-state index in [9.17, 15) is 20.0 Å². The smallest absolute Gasteiger partial charge is 0.270 e. The number of nitrogens with zero attached hydrogens (tertiary/aromatic N) is 1. The monoisotopic (exact) mass is 184 g/mol. The summed E-state index contributed by atoms with van der Waals surface area (Å²) in [5.74, 6) is -1.42. The number of carbonyl (C=O) groups excluding carboxylic acids is 1. The molecule has 1 aromatic rings. The minimum atomic E-state index is -1.42. The van der Waals surface area contributed by atoms with Gasteiger partial charge in [0, 0.05) is 17.7 Å². The maximum Gasteiger partial charge on any atom is 0.270 e. The van der Waals surface area contributed by atoms with E-state index in [1.54, 1.807) is 0 Å². The Balaban J connectivity index is 0.00000144. The summed E-state index contributed by atoms with van der Waals surface area (Å²) in [7, 11) is 0. The van der Waals surface area contributed by atoms with Crippen LogP contribution >= 0.6 is 0 Å². The molecule has 6 heteroatoms. The van der Waals surface area contributed by atoms with E-state index in [0.717, 1.165) is 6.07 Å². The standard InChI is InChI=1S/C7H5NO4.H3N/c9-7(10)5-2-1-3-6(4-5)8(11)12;/h1-4H,(H,9,10);1H3. The zero-order valence-corrected chi connectivity index (χ0v) is 6.89. The zero-order chi connectivity index (χ0) is 9.14. The number of aromatic carboxylic acids is 1. The van der Waals surface area contributed by atoms with Crippen LogP contribution in [-0.2, 0) is 0 Å². The lowest BCUT2D eigenvalue weighted by molar-refractivity contribution is -0.385. The lowest BCUT2D eigenvalue weighted by atomic mass is 10.2. The van der Waals surface area contributed by atoms with Crippen molar-refractivity contribution in [3.63, 3.8) is 0 Å². The topological polar surface area (TPSA) is 120 Å². The maximum absolute atomic E-state index is 10.2. The molecule has 0 bridgehead atoms. The third-order valence-electron chi connectivity index (χ3n) is 1.29. The molecule has 0 saturated carbocycles. The summed E-state index contributed by atoms with van der Waals surface area (Å²) in [6.45, 7) is 0. The summed E-state index contributed by atoms with van der Waals surface area (Å²) in [6.07, 6.45) is 0. The van der Waals surface area contributed by atoms with Crippen LogP contribution in [0.2, 0.25) is 0 Å². The highest BCUT2D eigenvalue weighted by Gasteiger charge is 2.04. The number of nitro groups is 1. The molecule has 4 N–H and O–H groups in total. The molecule has 0 unspecified atom stereocenters. The SMILES string of the molecule is O=C([O-])c1cccc([N+](=O)[O-])c1.[NH4+]. The van der Waals surface area contributed by atoms with Crippen LogP contribution in [0.3, 0.4) is 0 Å². The van der Waals surface area contributed by atoms with Crippen molar-refractivity contribution in [2.24, 2.45) is 0 Å². The summed E-state index contributed by atoms with van der Waals surface area (Å²) >= 11 is 0. The highest BCUT2D eigenvalue weighted by molar-refractivity contribution is 5.86. The van der Waals surface area contributed by atoms with E-state index in [1.807, 2.05) is 0 Å². The number of quaternary nitrogens is 1. The maximum atomic E-state index is 10.2. The number of rotatable bonds is 2. The van der Waals surface area contributed by atoms with E-state index in [2.05, 4.69) is 0 Å². The molecule has 0 fully saturated rings. The second-order valence-electron chi connectivity index (χ2n) is 2.09. The molecule has 0 radical (unpaired) electrons. The average molecular weight is 184 g/mol. The van der Waals surface area contributed by atoms with Crippen LogP contribution < -0.4 is 11.3 Å². The number of hydrogen-bond donors (Lipinski definition) is 1. The Morgan fingerprint density at radius 2 is 2.00 bits per heavy atom. The molecular formula is C7H8N2O4. The number of benzene rings is 1. The minimum Gasteiger partial charge on any atom is -0.545 e. The molecular weight excluding hydrogens is 176 g/mol. The fourth-order valence-electron chi connectivity index (χ4n) is 0.746. The molecule has 0 aliphatic rings. The molecule has 70 valence electrons. The molecule has 0 aliphatic heterocycles. The molecule has 0 atom stereocenters. The molecule has 0 aliphatic carbocycles. The van der Waals surface area contributed by atoms with Crippen molar-refractivity contribution in [2.45, 2.75) is 0 Å². The molecule has 0 amide bonds. The molecule has 1 rings (SSSR count). The fourth-order valence-corrected chi connectivity index (χ4v) is 0.746. The van der Waals surface area contributed by atoms with E-state index in [0.29, 0.717) is 0 Å². The van der Waals surface area contributed by atoms with E-state index >= 15 is 0 Å². The Kier molecular flexibility index (Phi) is 3.54. The second kappa shape index (κ2) is 4.17. The second-order valence-corrected chi connectivity index (χ2v) is 2.09. The largest absolute Gasteiger partial charge is 0.545 e. The van der Waals surface area contributed by atoms with Crippen LogP contribution in [-0.4, -0.2) is 10.9 Å². The van der Waals surface area contributed by atoms with Gasteiger partial charge in [-0.2, -0.15) is 0 Å². The number of nitro benzene ring substituents is 1. The first-order chi connectivity index (χ1) is 5.61. The van der Waals surface area contributed by atoms with Crippen LogP contribution in [0, 0.1) is 10.1 Å². The molecule has 0 spiro atoms. The number of hydrogen-bond acceptors (Lipinski definition) is 4. The van der Waals surface area contributed by atoms with E-state index < -0.39 is 10.9 Å². The number of carboxylic acid groups (broad SMARTS) is 1. The van der Waals surface area contributed by atoms with E-state index in [-0.39, 0.29) is 17.4 Å². The molecule has 0 aromatic heterocycles. The van der Waals surface area contributed by atoms with Gasteiger partial charge in [-0.1, -0.05) is 12.1 Å². The van der Waals surface area contributed by atoms with Gasteiger partial charge in [-0.3, -0.25) is 10.1 Å². The lowest BCUT2D eigenvalue weighted by Crippen LogP contribution is -2.22. The molecule has 0 saturated heterocycles. The zero-order valence-electron chi connectivity index (χ0n) is 6.89. The van der Waals surface area contributed by atoms with Crippen molar-refractivity contribution in [1.29, 1.82) is 0 Å². The average Bonchev–Trinajstić information content (AvgIpc) is 2.04. The Hall–Kier alpha value is -1.95. The van der Waals surface area contributed by atoms with Crippen LogP contribution in [0.25, 0.3) is 0 Å². The molecule has 0 heterocycles. The first-order valence-electron chi connectivity index (χ1n) is 3.07. The summed E-state index contributed by atoms with van der Waals surface area (Å²) in [4.78, 5) is 19.7. The Bertz CT molecular complexity index is 308. The van der Waals surface area contributed by atoms with Crippen molar-refractivity contribution in [1.82, 2.24) is 6.15 Å². The molecule has 13 heavy (non-hydrogen) atoms. The fraction of sp³-hybridized carbons (Fsp3) is 0. The molecule has 1 aromatic carbocycles. The predicted molar refractivity (Wildman–Crippen MR) is 43.4 cm³/mol.